The summed E-state index contributed by atoms with van der Waals surface area (Å²) >= 11 is 3.48. The third-order valence-electron chi connectivity index (χ3n) is 3.73. The van der Waals surface area contributed by atoms with Crippen molar-refractivity contribution in [2.75, 3.05) is 18.0 Å². The molecule has 2 atom stereocenters. The monoisotopic (exact) mass is 310 g/mol. The van der Waals surface area contributed by atoms with E-state index in [1.165, 1.54) is 31.4 Å². The van der Waals surface area contributed by atoms with Gasteiger partial charge in [-0.15, -0.1) is 0 Å². The minimum Gasteiger partial charge on any atom is -0.370 e. The summed E-state index contributed by atoms with van der Waals surface area (Å²) in [6.07, 6.45) is 5.11. The van der Waals surface area contributed by atoms with Gasteiger partial charge in [-0.3, -0.25) is 0 Å². The van der Waals surface area contributed by atoms with Crippen LogP contribution in [-0.2, 0) is 0 Å². The summed E-state index contributed by atoms with van der Waals surface area (Å²) in [5, 5.41) is 0. The predicted octanol–water partition coefficient (Wildman–Crippen LogP) is 3.79. The van der Waals surface area contributed by atoms with Crippen molar-refractivity contribution in [3.05, 3.63) is 28.7 Å². The van der Waals surface area contributed by atoms with E-state index in [4.69, 9.17) is 5.73 Å². The first-order valence-electron chi connectivity index (χ1n) is 6.95. The van der Waals surface area contributed by atoms with Crippen molar-refractivity contribution >= 4 is 21.6 Å². The lowest BCUT2D eigenvalue weighted by molar-refractivity contribution is 0.349. The summed E-state index contributed by atoms with van der Waals surface area (Å²) in [5.74, 6) is 0.761. The number of hydrogen-bond donors (Lipinski definition) is 1. The zero-order chi connectivity index (χ0) is 13.0. The molecule has 18 heavy (non-hydrogen) atoms. The van der Waals surface area contributed by atoms with Crippen LogP contribution in [-0.4, -0.2) is 19.1 Å². The van der Waals surface area contributed by atoms with Crippen LogP contribution in [0.1, 0.15) is 32.6 Å². The van der Waals surface area contributed by atoms with Gasteiger partial charge in [0.2, 0.25) is 0 Å². The highest BCUT2D eigenvalue weighted by atomic mass is 79.9. The molecule has 0 bridgehead atoms. The van der Waals surface area contributed by atoms with Crippen molar-refractivity contribution < 1.29 is 0 Å². The van der Waals surface area contributed by atoms with Crippen molar-refractivity contribution in [2.45, 2.75) is 38.6 Å². The molecule has 0 radical (unpaired) electrons. The number of nitrogens with two attached hydrogens (primary N) is 1. The second kappa shape index (κ2) is 6.58. The summed E-state index contributed by atoms with van der Waals surface area (Å²) in [4.78, 5) is 2.45. The zero-order valence-corrected chi connectivity index (χ0v) is 12.7. The number of hydrogen-bond acceptors (Lipinski definition) is 2. The second-order valence-corrected chi connectivity index (χ2v) is 6.30. The number of unbranched alkanes of at least 4 members (excludes halogenated alkanes) is 1. The first kappa shape index (κ1) is 13.9. The van der Waals surface area contributed by atoms with Gasteiger partial charge >= 0.3 is 0 Å². The average Bonchev–Trinajstić information content (AvgIpc) is 2.36. The molecule has 1 aromatic carbocycles. The lowest BCUT2D eigenvalue weighted by atomic mass is 9.90. The minimum atomic E-state index is 0.323. The molecule has 0 aliphatic carbocycles. The van der Waals surface area contributed by atoms with Crippen molar-refractivity contribution in [1.29, 1.82) is 0 Å². The highest BCUT2D eigenvalue weighted by molar-refractivity contribution is 9.10. The van der Waals surface area contributed by atoms with Crippen LogP contribution in [0.3, 0.4) is 0 Å². The molecule has 1 aliphatic rings. The quantitative estimate of drug-likeness (QED) is 0.916. The lowest BCUT2D eigenvalue weighted by Crippen LogP contribution is -2.47. The van der Waals surface area contributed by atoms with Gasteiger partial charge in [0.25, 0.3) is 0 Å². The molecule has 0 amide bonds. The smallest absolute Gasteiger partial charge is 0.0367 e. The minimum absolute atomic E-state index is 0.323. The SMILES string of the molecule is CCCCC1CC(N)CN(c2ccc(Br)cc2)C1. The maximum atomic E-state index is 6.20. The van der Waals surface area contributed by atoms with Gasteiger partial charge in [-0.05, 0) is 43.0 Å². The fourth-order valence-electron chi connectivity index (χ4n) is 2.81. The number of rotatable bonds is 4. The highest BCUT2D eigenvalue weighted by Crippen LogP contribution is 2.26. The maximum absolute atomic E-state index is 6.20. The Labute approximate surface area is 119 Å². The average molecular weight is 311 g/mol. The van der Waals surface area contributed by atoms with Gasteiger partial charge in [0.05, 0.1) is 0 Å². The summed E-state index contributed by atoms with van der Waals surface area (Å²) < 4.78 is 1.13. The summed E-state index contributed by atoms with van der Waals surface area (Å²) in [6, 6.07) is 8.90. The highest BCUT2D eigenvalue weighted by Gasteiger charge is 2.24. The predicted molar refractivity (Wildman–Crippen MR) is 82.0 cm³/mol. The summed E-state index contributed by atoms with van der Waals surface area (Å²) in [7, 11) is 0. The molecular formula is C15H23BrN2. The molecule has 100 valence electrons. The molecule has 3 heteroatoms. The van der Waals surface area contributed by atoms with E-state index in [2.05, 4.69) is 52.0 Å². The molecular weight excluding hydrogens is 288 g/mol. The maximum Gasteiger partial charge on any atom is 0.0367 e. The largest absolute Gasteiger partial charge is 0.370 e. The van der Waals surface area contributed by atoms with E-state index in [1.54, 1.807) is 0 Å². The second-order valence-electron chi connectivity index (χ2n) is 5.39. The van der Waals surface area contributed by atoms with Crippen LogP contribution in [0.25, 0.3) is 0 Å². The van der Waals surface area contributed by atoms with Gasteiger partial charge in [-0.1, -0.05) is 35.7 Å². The third kappa shape index (κ3) is 3.72. The number of benzene rings is 1. The first-order valence-corrected chi connectivity index (χ1v) is 7.74. The van der Waals surface area contributed by atoms with E-state index in [-0.39, 0.29) is 0 Å². The Morgan fingerprint density at radius 2 is 2.00 bits per heavy atom. The number of nitrogens with zero attached hydrogens (tertiary/aromatic N) is 1. The van der Waals surface area contributed by atoms with E-state index in [0.29, 0.717) is 6.04 Å². The Balaban J connectivity index is 2.01. The van der Waals surface area contributed by atoms with E-state index in [0.717, 1.165) is 23.5 Å². The topological polar surface area (TPSA) is 29.3 Å². The Kier molecular flexibility index (Phi) is 5.07. The van der Waals surface area contributed by atoms with Gasteiger partial charge in [-0.2, -0.15) is 0 Å². The molecule has 1 aromatic rings. The van der Waals surface area contributed by atoms with Crippen LogP contribution >= 0.6 is 15.9 Å². The number of halogens is 1. The standard InChI is InChI=1S/C15H23BrN2/c1-2-3-4-12-9-14(17)11-18(10-12)15-7-5-13(16)6-8-15/h5-8,12,14H,2-4,9-11,17H2,1H3. The van der Waals surface area contributed by atoms with Crippen LogP contribution in [0, 0.1) is 5.92 Å². The molecule has 1 fully saturated rings. The van der Waals surface area contributed by atoms with Crippen molar-refractivity contribution in [2.24, 2.45) is 11.7 Å². The Morgan fingerprint density at radius 3 is 2.67 bits per heavy atom. The van der Waals surface area contributed by atoms with Crippen LogP contribution in [0.15, 0.2) is 28.7 Å². The molecule has 1 heterocycles. The van der Waals surface area contributed by atoms with Crippen LogP contribution in [0.2, 0.25) is 0 Å². The molecule has 0 spiro atoms. The molecule has 2 nitrogen and oxygen atoms in total. The van der Waals surface area contributed by atoms with Crippen molar-refractivity contribution in [1.82, 2.24) is 0 Å². The fourth-order valence-corrected chi connectivity index (χ4v) is 3.08. The molecule has 2 rings (SSSR count). The van der Waals surface area contributed by atoms with Crippen LogP contribution < -0.4 is 10.6 Å². The molecule has 1 saturated heterocycles. The molecule has 0 saturated carbocycles. The summed E-state index contributed by atoms with van der Waals surface area (Å²) in [5.41, 5.74) is 7.50. The van der Waals surface area contributed by atoms with Crippen LogP contribution in [0.5, 0.6) is 0 Å². The van der Waals surface area contributed by atoms with Gasteiger partial charge in [0.15, 0.2) is 0 Å². The Hall–Kier alpha value is -0.540. The van der Waals surface area contributed by atoms with Crippen molar-refractivity contribution in [3.63, 3.8) is 0 Å². The zero-order valence-electron chi connectivity index (χ0n) is 11.1. The Bertz CT molecular complexity index is 363. The normalized spacial score (nSPS) is 24.3. The summed E-state index contributed by atoms with van der Waals surface area (Å²) in [6.45, 7) is 4.41. The fraction of sp³-hybridized carbons (Fsp3) is 0.600. The Morgan fingerprint density at radius 1 is 1.28 bits per heavy atom. The van der Waals surface area contributed by atoms with E-state index >= 15 is 0 Å². The third-order valence-corrected chi connectivity index (χ3v) is 4.26. The molecule has 1 aliphatic heterocycles. The number of anilines is 1. The number of piperidine rings is 1. The van der Waals surface area contributed by atoms with Crippen molar-refractivity contribution in [3.8, 4) is 0 Å². The first-order chi connectivity index (χ1) is 8.69. The molecule has 2 unspecified atom stereocenters. The van der Waals surface area contributed by atoms with Crippen LogP contribution in [0.4, 0.5) is 5.69 Å². The van der Waals surface area contributed by atoms with E-state index in [1.807, 2.05) is 0 Å². The molecule has 2 N–H and O–H groups in total. The van der Waals surface area contributed by atoms with Gasteiger partial charge in [-0.25, -0.2) is 0 Å². The molecule has 0 aromatic heterocycles. The van der Waals surface area contributed by atoms with Gasteiger partial charge < -0.3 is 10.6 Å². The van der Waals surface area contributed by atoms with Gasteiger partial charge in [0.1, 0.15) is 0 Å². The van der Waals surface area contributed by atoms with Gasteiger partial charge in [0, 0.05) is 29.3 Å². The van der Waals surface area contributed by atoms with E-state index in [9.17, 15) is 0 Å². The van der Waals surface area contributed by atoms with E-state index < -0.39 is 0 Å². The lowest BCUT2D eigenvalue weighted by Gasteiger charge is -2.38.